The van der Waals surface area contributed by atoms with Crippen molar-refractivity contribution in [3.8, 4) is 0 Å². The second kappa shape index (κ2) is 9.20. The fourth-order valence-electron chi connectivity index (χ4n) is 2.07. The van der Waals surface area contributed by atoms with Gasteiger partial charge in [0.1, 0.15) is 0 Å². The second-order valence-electron chi connectivity index (χ2n) is 5.87. The van der Waals surface area contributed by atoms with Crippen molar-refractivity contribution < 1.29 is 9.59 Å². The Bertz CT molecular complexity index is 483. The van der Waals surface area contributed by atoms with Crippen LogP contribution in [0.1, 0.15) is 44.2 Å². The zero-order valence-corrected chi connectivity index (χ0v) is 14.0. The summed E-state index contributed by atoms with van der Waals surface area (Å²) in [5, 5.41) is 4.94. The van der Waals surface area contributed by atoms with Crippen molar-refractivity contribution in [1.82, 2.24) is 15.5 Å². The Hall–Kier alpha value is -1.88. The molecule has 0 heterocycles. The number of hydrogen-bond acceptors (Lipinski definition) is 3. The van der Waals surface area contributed by atoms with Crippen molar-refractivity contribution in [2.24, 2.45) is 0 Å². The van der Waals surface area contributed by atoms with Gasteiger partial charge in [-0.2, -0.15) is 0 Å². The van der Waals surface area contributed by atoms with Crippen LogP contribution >= 0.6 is 0 Å². The lowest BCUT2D eigenvalue weighted by Crippen LogP contribution is -2.43. The van der Waals surface area contributed by atoms with E-state index in [1.807, 2.05) is 18.9 Å². The lowest BCUT2D eigenvalue weighted by molar-refractivity contribution is -0.120. The minimum atomic E-state index is -0.429. The van der Waals surface area contributed by atoms with Crippen molar-refractivity contribution in [3.63, 3.8) is 0 Å². The van der Waals surface area contributed by atoms with Gasteiger partial charge < -0.3 is 5.32 Å². The van der Waals surface area contributed by atoms with Gasteiger partial charge in [-0.15, -0.1) is 0 Å². The SMILES string of the molecule is CCCNC(=O)NC(=O)CN(C)Cc1ccc(C(C)C)cc1. The number of carbonyl (C=O) groups is 2. The third-order valence-electron chi connectivity index (χ3n) is 3.30. The smallest absolute Gasteiger partial charge is 0.321 e. The Morgan fingerprint density at radius 3 is 2.36 bits per heavy atom. The largest absolute Gasteiger partial charge is 0.338 e. The summed E-state index contributed by atoms with van der Waals surface area (Å²) in [6, 6.07) is 7.97. The maximum atomic E-state index is 11.7. The molecule has 0 bridgehead atoms. The minimum absolute atomic E-state index is 0.186. The molecule has 0 fully saturated rings. The summed E-state index contributed by atoms with van der Waals surface area (Å²) in [4.78, 5) is 25.0. The Morgan fingerprint density at radius 1 is 1.18 bits per heavy atom. The highest BCUT2D eigenvalue weighted by atomic mass is 16.2. The van der Waals surface area contributed by atoms with E-state index in [4.69, 9.17) is 0 Å². The number of amides is 3. The molecular formula is C17H27N3O2. The standard InChI is InChI=1S/C17H27N3O2/c1-5-10-18-17(22)19-16(21)12-20(4)11-14-6-8-15(9-7-14)13(2)3/h6-9,13H,5,10-12H2,1-4H3,(H2,18,19,21,22). The lowest BCUT2D eigenvalue weighted by Gasteiger charge is -2.16. The third-order valence-corrected chi connectivity index (χ3v) is 3.30. The van der Waals surface area contributed by atoms with E-state index in [2.05, 4.69) is 48.7 Å². The van der Waals surface area contributed by atoms with Gasteiger partial charge >= 0.3 is 6.03 Å². The number of benzene rings is 1. The van der Waals surface area contributed by atoms with Crippen LogP contribution in [0.5, 0.6) is 0 Å². The predicted octanol–water partition coefficient (Wildman–Crippen LogP) is 2.48. The van der Waals surface area contributed by atoms with Gasteiger partial charge in [-0.3, -0.25) is 15.0 Å². The number of nitrogens with zero attached hydrogens (tertiary/aromatic N) is 1. The molecule has 1 rings (SSSR count). The van der Waals surface area contributed by atoms with Crippen molar-refractivity contribution >= 4 is 11.9 Å². The molecule has 0 saturated heterocycles. The first-order valence-electron chi connectivity index (χ1n) is 7.77. The normalized spacial score (nSPS) is 10.8. The molecule has 0 aliphatic carbocycles. The summed E-state index contributed by atoms with van der Waals surface area (Å²) in [6.07, 6.45) is 0.841. The van der Waals surface area contributed by atoms with Crippen molar-refractivity contribution in [3.05, 3.63) is 35.4 Å². The van der Waals surface area contributed by atoms with Crippen LogP contribution in [0.2, 0.25) is 0 Å². The third kappa shape index (κ3) is 6.72. The van der Waals surface area contributed by atoms with Crippen LogP contribution in [0.4, 0.5) is 4.79 Å². The number of imide groups is 1. The van der Waals surface area contributed by atoms with Gasteiger partial charge in [0.05, 0.1) is 6.54 Å². The first-order chi connectivity index (χ1) is 10.4. The van der Waals surface area contributed by atoms with E-state index >= 15 is 0 Å². The first kappa shape index (κ1) is 18.2. The van der Waals surface area contributed by atoms with E-state index in [1.54, 1.807) is 0 Å². The molecule has 122 valence electrons. The highest BCUT2D eigenvalue weighted by Crippen LogP contribution is 2.15. The Kier molecular flexibility index (Phi) is 7.60. The van der Waals surface area contributed by atoms with Gasteiger partial charge in [-0.1, -0.05) is 45.0 Å². The van der Waals surface area contributed by atoms with Crippen LogP contribution in [-0.2, 0) is 11.3 Å². The molecule has 0 aliphatic rings. The molecule has 0 saturated carbocycles. The molecular weight excluding hydrogens is 278 g/mol. The van der Waals surface area contributed by atoms with E-state index in [0.717, 1.165) is 12.0 Å². The lowest BCUT2D eigenvalue weighted by atomic mass is 10.0. The number of hydrogen-bond donors (Lipinski definition) is 2. The Balaban J connectivity index is 2.40. The average Bonchev–Trinajstić information content (AvgIpc) is 2.45. The average molecular weight is 305 g/mol. The van der Waals surface area contributed by atoms with Crippen molar-refractivity contribution in [2.45, 2.75) is 39.7 Å². The van der Waals surface area contributed by atoms with E-state index in [9.17, 15) is 9.59 Å². The molecule has 0 atom stereocenters. The summed E-state index contributed by atoms with van der Waals surface area (Å²) in [7, 11) is 1.86. The fraction of sp³-hybridized carbons (Fsp3) is 0.529. The van der Waals surface area contributed by atoms with Crippen LogP contribution in [0.3, 0.4) is 0 Å². The topological polar surface area (TPSA) is 61.4 Å². The molecule has 0 aliphatic heterocycles. The molecule has 5 heteroatoms. The number of urea groups is 1. The van der Waals surface area contributed by atoms with Gasteiger partial charge in [-0.05, 0) is 30.5 Å². The number of likely N-dealkylation sites (N-methyl/N-ethyl adjacent to an activating group) is 1. The number of carbonyl (C=O) groups excluding carboxylic acids is 2. The van der Waals surface area contributed by atoms with E-state index in [1.165, 1.54) is 5.56 Å². The van der Waals surface area contributed by atoms with E-state index < -0.39 is 6.03 Å². The number of rotatable bonds is 7. The zero-order chi connectivity index (χ0) is 16.5. The van der Waals surface area contributed by atoms with E-state index in [-0.39, 0.29) is 12.5 Å². The van der Waals surface area contributed by atoms with Gasteiger partial charge in [0.15, 0.2) is 0 Å². The van der Waals surface area contributed by atoms with Crippen LogP contribution in [-0.4, -0.2) is 37.0 Å². The highest BCUT2D eigenvalue weighted by Gasteiger charge is 2.10. The second-order valence-corrected chi connectivity index (χ2v) is 5.87. The zero-order valence-electron chi connectivity index (χ0n) is 14.0. The molecule has 1 aromatic rings. The molecule has 3 amide bonds. The minimum Gasteiger partial charge on any atom is -0.338 e. The molecule has 22 heavy (non-hydrogen) atoms. The van der Waals surface area contributed by atoms with Crippen molar-refractivity contribution in [2.75, 3.05) is 20.1 Å². The van der Waals surface area contributed by atoms with Gasteiger partial charge in [0.25, 0.3) is 0 Å². The molecule has 5 nitrogen and oxygen atoms in total. The van der Waals surface area contributed by atoms with Crippen LogP contribution < -0.4 is 10.6 Å². The maximum Gasteiger partial charge on any atom is 0.321 e. The Labute approximate surface area is 133 Å². The molecule has 1 aromatic carbocycles. The number of nitrogens with one attached hydrogen (secondary N) is 2. The highest BCUT2D eigenvalue weighted by molar-refractivity contribution is 5.95. The quantitative estimate of drug-likeness (QED) is 0.813. The molecule has 0 spiro atoms. The molecule has 0 aromatic heterocycles. The Morgan fingerprint density at radius 2 is 1.82 bits per heavy atom. The van der Waals surface area contributed by atoms with Crippen LogP contribution in [0.15, 0.2) is 24.3 Å². The fourth-order valence-corrected chi connectivity index (χ4v) is 2.07. The molecule has 2 N–H and O–H groups in total. The van der Waals surface area contributed by atoms with Crippen LogP contribution in [0.25, 0.3) is 0 Å². The summed E-state index contributed by atoms with van der Waals surface area (Å²) < 4.78 is 0. The van der Waals surface area contributed by atoms with Crippen LogP contribution in [0, 0.1) is 0 Å². The monoisotopic (exact) mass is 305 g/mol. The molecule has 0 unspecified atom stereocenters. The van der Waals surface area contributed by atoms with Gasteiger partial charge in [0.2, 0.25) is 5.91 Å². The summed E-state index contributed by atoms with van der Waals surface area (Å²) in [5.74, 6) is 0.217. The van der Waals surface area contributed by atoms with Gasteiger partial charge in [0, 0.05) is 13.1 Å². The van der Waals surface area contributed by atoms with E-state index in [0.29, 0.717) is 19.0 Å². The predicted molar refractivity (Wildman–Crippen MR) is 88.7 cm³/mol. The van der Waals surface area contributed by atoms with Gasteiger partial charge in [-0.25, -0.2) is 4.79 Å². The summed E-state index contributed by atoms with van der Waals surface area (Å²) in [5.41, 5.74) is 2.45. The van der Waals surface area contributed by atoms with Crippen molar-refractivity contribution in [1.29, 1.82) is 0 Å². The summed E-state index contributed by atoms with van der Waals surface area (Å²) in [6.45, 7) is 7.70. The first-order valence-corrected chi connectivity index (χ1v) is 7.77. The maximum absolute atomic E-state index is 11.7. The summed E-state index contributed by atoms with van der Waals surface area (Å²) >= 11 is 0. The molecule has 0 radical (unpaired) electrons.